The summed E-state index contributed by atoms with van der Waals surface area (Å²) in [5.41, 5.74) is 1.91. The van der Waals surface area contributed by atoms with Gasteiger partial charge in [0.15, 0.2) is 5.16 Å². The number of nitrogens with one attached hydrogen (secondary N) is 1. The van der Waals surface area contributed by atoms with Crippen molar-refractivity contribution < 1.29 is 9.53 Å². The van der Waals surface area contributed by atoms with Gasteiger partial charge in [0.25, 0.3) is 0 Å². The second-order valence-corrected chi connectivity index (χ2v) is 6.80. The average molecular weight is 360 g/mol. The largest absolute Gasteiger partial charge is 0.378 e. The zero-order valence-corrected chi connectivity index (χ0v) is 15.3. The SMILES string of the molecule is CCCn1ccnc1SCC(=O)Nc1ccccc1N1CCOCC1. The van der Waals surface area contributed by atoms with Crippen LogP contribution in [0.15, 0.2) is 41.8 Å². The van der Waals surface area contributed by atoms with Crippen molar-refractivity contribution in [2.75, 3.05) is 42.3 Å². The molecule has 0 saturated carbocycles. The highest BCUT2D eigenvalue weighted by atomic mass is 32.2. The summed E-state index contributed by atoms with van der Waals surface area (Å²) in [7, 11) is 0. The van der Waals surface area contributed by atoms with Crippen LogP contribution in [0.25, 0.3) is 0 Å². The van der Waals surface area contributed by atoms with Gasteiger partial charge >= 0.3 is 0 Å². The van der Waals surface area contributed by atoms with Crippen LogP contribution < -0.4 is 10.2 Å². The van der Waals surface area contributed by atoms with E-state index in [0.29, 0.717) is 5.75 Å². The molecule has 1 N–H and O–H groups in total. The normalized spacial score (nSPS) is 14.5. The van der Waals surface area contributed by atoms with E-state index in [1.165, 1.54) is 11.8 Å². The number of thioether (sulfide) groups is 1. The summed E-state index contributed by atoms with van der Waals surface area (Å²) in [6, 6.07) is 7.94. The van der Waals surface area contributed by atoms with Crippen LogP contribution in [0.3, 0.4) is 0 Å². The number of hydrogen-bond donors (Lipinski definition) is 1. The predicted octanol–water partition coefficient (Wildman–Crippen LogP) is 2.86. The van der Waals surface area contributed by atoms with Crippen LogP contribution in [0.5, 0.6) is 0 Å². The number of hydrogen-bond acceptors (Lipinski definition) is 5. The number of carbonyl (C=O) groups excluding carboxylic acids is 1. The molecule has 0 radical (unpaired) electrons. The Balaban J connectivity index is 1.60. The lowest BCUT2D eigenvalue weighted by Crippen LogP contribution is -2.36. The van der Waals surface area contributed by atoms with Crippen molar-refractivity contribution in [3.8, 4) is 0 Å². The first-order valence-corrected chi connectivity index (χ1v) is 9.62. The first kappa shape index (κ1) is 17.8. The van der Waals surface area contributed by atoms with Crippen LogP contribution in [-0.4, -0.2) is 47.5 Å². The summed E-state index contributed by atoms with van der Waals surface area (Å²) in [4.78, 5) is 19.0. The number of ether oxygens (including phenoxy) is 1. The molecule has 1 fully saturated rings. The quantitative estimate of drug-likeness (QED) is 0.770. The number of nitrogens with zero attached hydrogens (tertiary/aromatic N) is 3. The summed E-state index contributed by atoms with van der Waals surface area (Å²) in [5.74, 6) is 0.329. The van der Waals surface area contributed by atoms with Gasteiger partial charge < -0.3 is 19.5 Å². The van der Waals surface area contributed by atoms with Crippen molar-refractivity contribution in [3.63, 3.8) is 0 Å². The van der Waals surface area contributed by atoms with Gasteiger partial charge in [-0.25, -0.2) is 4.98 Å². The average Bonchev–Trinajstić information content (AvgIpc) is 3.09. The minimum Gasteiger partial charge on any atom is -0.378 e. The maximum atomic E-state index is 12.4. The van der Waals surface area contributed by atoms with Crippen molar-refractivity contribution in [2.45, 2.75) is 25.0 Å². The Morgan fingerprint density at radius 1 is 1.32 bits per heavy atom. The van der Waals surface area contributed by atoms with Gasteiger partial charge in [-0.2, -0.15) is 0 Å². The van der Waals surface area contributed by atoms with E-state index in [4.69, 9.17) is 4.74 Å². The molecule has 0 atom stereocenters. The van der Waals surface area contributed by atoms with Crippen LogP contribution in [0.4, 0.5) is 11.4 Å². The molecule has 1 aromatic heterocycles. The van der Waals surface area contributed by atoms with Gasteiger partial charge in [-0.3, -0.25) is 4.79 Å². The Morgan fingerprint density at radius 3 is 2.92 bits per heavy atom. The Kier molecular flexibility index (Phi) is 6.36. The van der Waals surface area contributed by atoms with Crippen LogP contribution in [-0.2, 0) is 16.1 Å². The lowest BCUT2D eigenvalue weighted by atomic mass is 10.2. The third kappa shape index (κ3) is 4.76. The zero-order chi connectivity index (χ0) is 17.5. The second kappa shape index (κ2) is 8.92. The molecule has 1 aliphatic rings. The van der Waals surface area contributed by atoms with Gasteiger partial charge in [0.2, 0.25) is 5.91 Å². The topological polar surface area (TPSA) is 59.4 Å². The highest BCUT2D eigenvalue weighted by molar-refractivity contribution is 7.99. The Labute approximate surface area is 152 Å². The molecule has 1 aromatic carbocycles. The molecule has 1 aliphatic heterocycles. The molecule has 0 spiro atoms. The molecule has 134 valence electrons. The molecule has 6 nitrogen and oxygen atoms in total. The summed E-state index contributed by atoms with van der Waals surface area (Å²) < 4.78 is 7.49. The van der Waals surface area contributed by atoms with E-state index in [2.05, 4.69) is 26.7 Å². The lowest BCUT2D eigenvalue weighted by molar-refractivity contribution is -0.113. The molecule has 3 rings (SSSR count). The number of anilines is 2. The van der Waals surface area contributed by atoms with Crippen molar-refractivity contribution in [1.82, 2.24) is 9.55 Å². The molecule has 1 saturated heterocycles. The molecule has 25 heavy (non-hydrogen) atoms. The minimum atomic E-state index is -0.0169. The first-order valence-electron chi connectivity index (χ1n) is 8.63. The van der Waals surface area contributed by atoms with Crippen LogP contribution >= 0.6 is 11.8 Å². The van der Waals surface area contributed by atoms with Crippen LogP contribution in [0.2, 0.25) is 0 Å². The summed E-state index contributed by atoms with van der Waals surface area (Å²) in [6.07, 6.45) is 4.78. The smallest absolute Gasteiger partial charge is 0.234 e. The molecule has 0 unspecified atom stereocenters. The van der Waals surface area contributed by atoms with E-state index in [1.807, 2.05) is 30.5 Å². The fraction of sp³-hybridized carbons (Fsp3) is 0.444. The third-order valence-corrected chi connectivity index (χ3v) is 5.01. The second-order valence-electron chi connectivity index (χ2n) is 5.86. The van der Waals surface area contributed by atoms with Crippen LogP contribution in [0.1, 0.15) is 13.3 Å². The standard InChI is InChI=1S/C18H24N4O2S/c1-2-8-22-9-7-19-18(22)25-14-17(23)20-15-5-3-4-6-16(15)21-10-12-24-13-11-21/h3-7,9H,2,8,10-14H2,1H3,(H,20,23). The van der Waals surface area contributed by atoms with E-state index < -0.39 is 0 Å². The van der Waals surface area contributed by atoms with Gasteiger partial charge in [-0.05, 0) is 18.6 Å². The van der Waals surface area contributed by atoms with E-state index in [9.17, 15) is 4.79 Å². The highest BCUT2D eigenvalue weighted by Crippen LogP contribution is 2.27. The number of carbonyl (C=O) groups is 1. The molecule has 0 aliphatic carbocycles. The molecule has 7 heteroatoms. The van der Waals surface area contributed by atoms with Crippen molar-refractivity contribution >= 4 is 29.0 Å². The van der Waals surface area contributed by atoms with Gasteiger partial charge in [-0.15, -0.1) is 0 Å². The maximum absolute atomic E-state index is 12.4. The fourth-order valence-corrected chi connectivity index (χ4v) is 3.61. The van der Waals surface area contributed by atoms with Gasteiger partial charge in [0.05, 0.1) is 30.3 Å². The number of morpholine rings is 1. The Bertz CT molecular complexity index is 698. The number of para-hydroxylation sites is 2. The van der Waals surface area contributed by atoms with Gasteiger partial charge in [0, 0.05) is 32.0 Å². The Hall–Kier alpha value is -1.99. The lowest BCUT2D eigenvalue weighted by Gasteiger charge is -2.30. The summed E-state index contributed by atoms with van der Waals surface area (Å²) >= 11 is 1.47. The summed E-state index contributed by atoms with van der Waals surface area (Å²) in [6.45, 7) is 6.18. The van der Waals surface area contributed by atoms with E-state index in [0.717, 1.165) is 55.8 Å². The van der Waals surface area contributed by atoms with Crippen LogP contribution in [0, 0.1) is 0 Å². The monoisotopic (exact) mass is 360 g/mol. The molecular formula is C18H24N4O2S. The number of amides is 1. The minimum absolute atomic E-state index is 0.0169. The number of aromatic nitrogens is 2. The molecular weight excluding hydrogens is 336 g/mol. The Morgan fingerprint density at radius 2 is 2.12 bits per heavy atom. The van der Waals surface area contributed by atoms with E-state index in [1.54, 1.807) is 6.20 Å². The predicted molar refractivity (Wildman–Crippen MR) is 101 cm³/mol. The van der Waals surface area contributed by atoms with Crippen molar-refractivity contribution in [1.29, 1.82) is 0 Å². The molecule has 0 bridgehead atoms. The third-order valence-electron chi connectivity index (χ3n) is 4.00. The van der Waals surface area contributed by atoms with Gasteiger partial charge in [-0.1, -0.05) is 30.8 Å². The van der Waals surface area contributed by atoms with Gasteiger partial charge in [0.1, 0.15) is 0 Å². The van der Waals surface area contributed by atoms with Crippen molar-refractivity contribution in [3.05, 3.63) is 36.7 Å². The summed E-state index contributed by atoms with van der Waals surface area (Å²) in [5, 5.41) is 3.93. The van der Waals surface area contributed by atoms with Crippen molar-refractivity contribution in [2.24, 2.45) is 0 Å². The first-order chi connectivity index (χ1) is 12.3. The van der Waals surface area contributed by atoms with E-state index in [-0.39, 0.29) is 5.91 Å². The number of imidazole rings is 1. The fourth-order valence-electron chi connectivity index (χ4n) is 2.82. The number of rotatable bonds is 7. The number of benzene rings is 1. The van der Waals surface area contributed by atoms with E-state index >= 15 is 0 Å². The number of aryl methyl sites for hydroxylation is 1. The maximum Gasteiger partial charge on any atom is 0.234 e. The molecule has 2 aromatic rings. The molecule has 1 amide bonds. The molecule has 2 heterocycles. The highest BCUT2D eigenvalue weighted by Gasteiger charge is 2.16. The zero-order valence-electron chi connectivity index (χ0n) is 14.5.